The molecule has 1 aliphatic heterocycles. The number of aliphatic hydroxyl groups is 1. The number of amides is 2. The first-order valence-electron chi connectivity index (χ1n) is 15.5. The van der Waals surface area contributed by atoms with Gasteiger partial charge in [-0.15, -0.1) is 11.8 Å². The quantitative estimate of drug-likeness (QED) is 0.274. The fourth-order valence-corrected chi connectivity index (χ4v) is 7.09. The number of likely N-dealkylation sites (tertiary alicyclic amines) is 1. The number of phenols is 1. The number of hydrogen-bond acceptors (Lipinski definition) is 6. The number of carbonyl (C=O) groups excluding carboxylic acids is 2. The lowest BCUT2D eigenvalue weighted by Gasteiger charge is -2.47. The van der Waals surface area contributed by atoms with Gasteiger partial charge in [0.1, 0.15) is 5.75 Å². The minimum atomic E-state index is -0.886. The summed E-state index contributed by atoms with van der Waals surface area (Å²) in [5.41, 5.74) is 0.543. The van der Waals surface area contributed by atoms with Gasteiger partial charge in [0.15, 0.2) is 0 Å². The van der Waals surface area contributed by atoms with Crippen LogP contribution < -0.4 is 10.6 Å². The Morgan fingerprint density at radius 3 is 2.36 bits per heavy atom. The van der Waals surface area contributed by atoms with Crippen LogP contribution in [0.15, 0.2) is 53.4 Å². The third kappa shape index (κ3) is 9.48. The maximum atomic E-state index is 13.5. The Hall–Kier alpha value is -2.55. The minimum absolute atomic E-state index is 0.0124. The van der Waals surface area contributed by atoms with Crippen LogP contribution in [0, 0.1) is 18.8 Å². The van der Waals surface area contributed by atoms with Crippen molar-refractivity contribution in [3.05, 3.63) is 59.7 Å². The second-order valence-electron chi connectivity index (χ2n) is 12.5. The number of nitrogens with one attached hydrogen (secondary N) is 2. The van der Waals surface area contributed by atoms with Gasteiger partial charge < -0.3 is 20.8 Å². The lowest BCUT2D eigenvalue weighted by Crippen LogP contribution is -2.60. The molecule has 4 rings (SSSR count). The highest BCUT2D eigenvalue weighted by Gasteiger charge is 2.41. The van der Waals surface area contributed by atoms with E-state index in [0.29, 0.717) is 35.3 Å². The van der Waals surface area contributed by atoms with Crippen LogP contribution in [-0.2, 0) is 4.79 Å². The van der Waals surface area contributed by atoms with E-state index in [9.17, 15) is 19.8 Å². The molecule has 0 radical (unpaired) electrons. The van der Waals surface area contributed by atoms with Gasteiger partial charge in [-0.05, 0) is 76.6 Å². The van der Waals surface area contributed by atoms with Crippen molar-refractivity contribution in [3.8, 4) is 5.75 Å². The number of fused-ring (bicyclic) bond motifs is 1. The van der Waals surface area contributed by atoms with Gasteiger partial charge in [0, 0.05) is 40.4 Å². The fraction of sp³-hybridized carbons (Fsp3) is 0.588. The van der Waals surface area contributed by atoms with Crippen molar-refractivity contribution in [2.75, 3.05) is 18.8 Å². The van der Waals surface area contributed by atoms with Crippen LogP contribution >= 0.6 is 11.8 Å². The lowest BCUT2D eigenvalue weighted by molar-refractivity contribution is -0.132. The summed E-state index contributed by atoms with van der Waals surface area (Å²) >= 11 is 1.57. The standard InChI is InChI=1S/C32H45N3O4S.C2H6/c1-21-25(15-10-16-28(21)36)30(38)33-26(20-40-24-13-6-5-7-14-24)29(37)19-35-18-23-12-9-8-11-22(23)17-27(35)31(39)34-32(2,3)4;1-2/h5-7,10,13-16,22-23,26-27,29,36-37H,8-9,11-12,17-20H2,1-4H3,(H,33,38)(H,34,39);1-2H3/t22?,23?,26-,27?,29+;/m0./s1. The Morgan fingerprint density at radius 1 is 1.02 bits per heavy atom. The van der Waals surface area contributed by atoms with Crippen molar-refractivity contribution in [1.82, 2.24) is 15.5 Å². The van der Waals surface area contributed by atoms with Gasteiger partial charge in [-0.2, -0.15) is 0 Å². The normalized spacial score (nSPS) is 22.1. The Kier molecular flexibility index (Phi) is 12.8. The SMILES string of the molecule is CC.Cc1c(O)cccc1C(=O)N[C@@H](CSc1ccccc1)[C@H](O)CN1CC2CCCCC2CC1C(=O)NC(C)(C)C. The van der Waals surface area contributed by atoms with E-state index in [1.807, 2.05) is 65.0 Å². The van der Waals surface area contributed by atoms with Crippen LogP contribution in [0.1, 0.15) is 82.6 Å². The Bertz CT molecular complexity index is 1150. The molecule has 0 aromatic heterocycles. The van der Waals surface area contributed by atoms with Gasteiger partial charge in [0.2, 0.25) is 5.91 Å². The average molecular weight is 598 g/mol. The Labute approximate surface area is 256 Å². The third-order valence-corrected chi connectivity index (χ3v) is 9.36. The minimum Gasteiger partial charge on any atom is -0.508 e. The highest BCUT2D eigenvalue weighted by Crippen LogP contribution is 2.39. The lowest BCUT2D eigenvalue weighted by atomic mass is 9.72. The Morgan fingerprint density at radius 2 is 1.69 bits per heavy atom. The molecule has 1 saturated carbocycles. The van der Waals surface area contributed by atoms with Crippen LogP contribution in [0.4, 0.5) is 0 Å². The van der Waals surface area contributed by atoms with Gasteiger partial charge >= 0.3 is 0 Å². The van der Waals surface area contributed by atoms with Gasteiger partial charge in [0.05, 0.1) is 18.2 Å². The number of hydrogen-bond donors (Lipinski definition) is 4. The summed E-state index contributed by atoms with van der Waals surface area (Å²) in [6.45, 7) is 12.8. The van der Waals surface area contributed by atoms with E-state index in [1.54, 1.807) is 36.9 Å². The van der Waals surface area contributed by atoms with E-state index in [-0.39, 0.29) is 29.1 Å². The zero-order valence-electron chi connectivity index (χ0n) is 26.2. The molecule has 2 aliphatic rings. The summed E-state index contributed by atoms with van der Waals surface area (Å²) in [6, 6.07) is 13.9. The molecule has 1 saturated heterocycles. The summed E-state index contributed by atoms with van der Waals surface area (Å²) in [4.78, 5) is 30.0. The van der Waals surface area contributed by atoms with Crippen molar-refractivity contribution in [1.29, 1.82) is 0 Å². The van der Waals surface area contributed by atoms with Crippen LogP contribution in [-0.4, -0.2) is 69.5 Å². The molecule has 2 aromatic carbocycles. The highest BCUT2D eigenvalue weighted by molar-refractivity contribution is 7.99. The first kappa shape index (κ1) is 33.9. The first-order valence-corrected chi connectivity index (χ1v) is 16.5. The van der Waals surface area contributed by atoms with Crippen molar-refractivity contribution in [2.24, 2.45) is 11.8 Å². The molecule has 4 N–H and O–H groups in total. The van der Waals surface area contributed by atoms with Crippen molar-refractivity contribution >= 4 is 23.6 Å². The Balaban J connectivity index is 0.00000237. The molecule has 5 atom stereocenters. The van der Waals surface area contributed by atoms with Crippen LogP contribution in [0.3, 0.4) is 0 Å². The fourth-order valence-electron chi connectivity index (χ4n) is 6.06. The maximum absolute atomic E-state index is 13.5. The maximum Gasteiger partial charge on any atom is 0.252 e. The van der Waals surface area contributed by atoms with Crippen LogP contribution in [0.5, 0.6) is 5.75 Å². The largest absolute Gasteiger partial charge is 0.508 e. The molecule has 0 bridgehead atoms. The predicted molar refractivity (Wildman–Crippen MR) is 172 cm³/mol. The number of rotatable bonds is 9. The number of piperidine rings is 1. The summed E-state index contributed by atoms with van der Waals surface area (Å²) in [7, 11) is 0. The summed E-state index contributed by atoms with van der Waals surface area (Å²) in [6.07, 6.45) is 4.67. The molecule has 232 valence electrons. The van der Waals surface area contributed by atoms with Crippen molar-refractivity contribution in [2.45, 2.75) is 102 Å². The number of β-amino-alcohol motifs (C(OH)–C–C–N with tert-alkyl or cyclic N) is 1. The summed E-state index contributed by atoms with van der Waals surface area (Å²) in [5.74, 6) is 1.27. The molecular formula is C34H51N3O4S. The summed E-state index contributed by atoms with van der Waals surface area (Å²) in [5, 5.41) is 28.0. The second-order valence-corrected chi connectivity index (χ2v) is 13.6. The van der Waals surface area contributed by atoms with Crippen molar-refractivity contribution < 1.29 is 19.8 Å². The number of benzene rings is 2. The zero-order valence-corrected chi connectivity index (χ0v) is 27.0. The number of carbonyl (C=O) groups is 2. The van der Waals surface area contributed by atoms with Gasteiger partial charge in [0.25, 0.3) is 5.91 Å². The number of nitrogens with zero attached hydrogens (tertiary/aromatic N) is 1. The summed E-state index contributed by atoms with van der Waals surface area (Å²) < 4.78 is 0. The predicted octanol–water partition coefficient (Wildman–Crippen LogP) is 5.77. The van der Waals surface area contributed by atoms with Gasteiger partial charge in [-0.25, -0.2) is 0 Å². The molecule has 2 aromatic rings. The van der Waals surface area contributed by atoms with E-state index in [0.717, 1.165) is 30.7 Å². The van der Waals surface area contributed by atoms with Gasteiger partial charge in [-0.1, -0.05) is 57.4 Å². The van der Waals surface area contributed by atoms with Gasteiger partial charge in [-0.3, -0.25) is 14.5 Å². The number of aliphatic hydroxyl groups excluding tert-OH is 1. The van der Waals surface area contributed by atoms with E-state index in [2.05, 4.69) is 15.5 Å². The van der Waals surface area contributed by atoms with E-state index in [4.69, 9.17) is 0 Å². The molecule has 1 heterocycles. The first-order chi connectivity index (χ1) is 20.0. The topological polar surface area (TPSA) is 102 Å². The van der Waals surface area contributed by atoms with Crippen LogP contribution in [0.2, 0.25) is 0 Å². The molecule has 2 fully saturated rings. The second kappa shape index (κ2) is 15.8. The molecule has 7 nitrogen and oxygen atoms in total. The number of aromatic hydroxyl groups is 1. The number of thioether (sulfide) groups is 1. The zero-order chi connectivity index (χ0) is 30.9. The van der Waals surface area contributed by atoms with Crippen LogP contribution in [0.25, 0.3) is 0 Å². The molecular weight excluding hydrogens is 546 g/mol. The molecule has 42 heavy (non-hydrogen) atoms. The highest BCUT2D eigenvalue weighted by atomic mass is 32.2. The monoisotopic (exact) mass is 597 g/mol. The third-order valence-electron chi connectivity index (χ3n) is 8.23. The number of phenolic OH excluding ortho intramolecular Hbond substituents is 1. The molecule has 0 spiro atoms. The molecule has 1 aliphatic carbocycles. The van der Waals surface area contributed by atoms with Crippen molar-refractivity contribution in [3.63, 3.8) is 0 Å². The molecule has 8 heteroatoms. The average Bonchev–Trinajstić information content (AvgIpc) is 2.96. The van der Waals surface area contributed by atoms with E-state index < -0.39 is 12.1 Å². The molecule has 3 unspecified atom stereocenters. The van der Waals surface area contributed by atoms with E-state index in [1.165, 1.54) is 12.8 Å². The van der Waals surface area contributed by atoms with E-state index >= 15 is 0 Å². The smallest absolute Gasteiger partial charge is 0.252 e. The molecule has 2 amide bonds.